The van der Waals surface area contributed by atoms with Gasteiger partial charge in [0.2, 0.25) is 0 Å². The number of aliphatic hydroxyl groups is 2. The van der Waals surface area contributed by atoms with Gasteiger partial charge in [0.1, 0.15) is 5.78 Å². The van der Waals surface area contributed by atoms with E-state index in [9.17, 15) is 19.8 Å². The number of aliphatic hydroxyl groups excluding tert-OH is 2. The number of carbonyl (C=O) groups excluding carboxylic acids is 1. The molecule has 1 fully saturated rings. The van der Waals surface area contributed by atoms with Gasteiger partial charge in [-0.15, -0.1) is 0 Å². The van der Waals surface area contributed by atoms with E-state index >= 15 is 0 Å². The van der Waals surface area contributed by atoms with E-state index < -0.39 is 18.2 Å². The third-order valence-corrected chi connectivity index (χ3v) is 4.60. The van der Waals surface area contributed by atoms with Gasteiger partial charge >= 0.3 is 5.97 Å². The minimum Gasteiger partial charge on any atom is -0.481 e. The van der Waals surface area contributed by atoms with Gasteiger partial charge in [-0.2, -0.15) is 0 Å². The molecule has 0 unspecified atom stereocenters. The molecule has 3 N–H and O–H groups in total. The number of aliphatic carboxylic acids is 1. The summed E-state index contributed by atoms with van der Waals surface area (Å²) >= 11 is 0. The standard InChI is InChI=1S/C22H32O5/c1-2-3-8-12-18-19(21(25)16-20(18)24)15-14-17(23)11-9-6-4-5-7-10-13-22(26)27/h3,5-9,14-15,17-20,23-24H,2,4,10-13,16H2,1H3,(H,26,27)/b7-5-,8-3-,9-6-,15-14+/t17-,18+,19+,20+/m1/s1. The highest BCUT2D eigenvalue weighted by Gasteiger charge is 2.39. The maximum absolute atomic E-state index is 12.1. The molecule has 27 heavy (non-hydrogen) atoms. The topological polar surface area (TPSA) is 94.8 Å². The summed E-state index contributed by atoms with van der Waals surface area (Å²) in [5.74, 6) is -1.22. The fourth-order valence-electron chi connectivity index (χ4n) is 3.10. The van der Waals surface area contributed by atoms with Crippen molar-refractivity contribution < 1.29 is 24.9 Å². The molecule has 0 aliphatic heterocycles. The zero-order valence-electron chi connectivity index (χ0n) is 16.0. The number of allylic oxidation sites excluding steroid dienone is 6. The van der Waals surface area contributed by atoms with E-state index in [4.69, 9.17) is 5.11 Å². The summed E-state index contributed by atoms with van der Waals surface area (Å²) in [5.41, 5.74) is 0. The second kappa shape index (κ2) is 13.2. The lowest BCUT2D eigenvalue weighted by Crippen LogP contribution is -2.19. The van der Waals surface area contributed by atoms with Crippen molar-refractivity contribution in [2.75, 3.05) is 0 Å². The third kappa shape index (κ3) is 9.50. The van der Waals surface area contributed by atoms with Crippen LogP contribution >= 0.6 is 0 Å². The lowest BCUT2D eigenvalue weighted by Gasteiger charge is -2.16. The van der Waals surface area contributed by atoms with E-state index in [-0.39, 0.29) is 30.5 Å². The molecular weight excluding hydrogens is 344 g/mol. The minimum absolute atomic E-state index is 0.0305. The van der Waals surface area contributed by atoms with E-state index in [1.54, 1.807) is 12.2 Å². The molecule has 0 aromatic rings. The Morgan fingerprint density at radius 2 is 1.93 bits per heavy atom. The fourth-order valence-corrected chi connectivity index (χ4v) is 3.10. The van der Waals surface area contributed by atoms with Crippen LogP contribution in [-0.2, 0) is 9.59 Å². The number of rotatable bonds is 12. The monoisotopic (exact) mass is 376 g/mol. The molecule has 0 aromatic carbocycles. The van der Waals surface area contributed by atoms with Crippen molar-refractivity contribution in [1.29, 1.82) is 0 Å². The number of carboxylic acid groups (broad SMARTS) is 1. The Balaban J connectivity index is 2.40. The first kappa shape index (κ1) is 23.1. The molecule has 1 rings (SSSR count). The molecule has 0 radical (unpaired) electrons. The van der Waals surface area contributed by atoms with Crippen LogP contribution < -0.4 is 0 Å². The summed E-state index contributed by atoms with van der Waals surface area (Å²) in [6.07, 6.45) is 17.2. The van der Waals surface area contributed by atoms with Crippen LogP contribution in [0.2, 0.25) is 0 Å². The Labute approximate surface area is 161 Å². The van der Waals surface area contributed by atoms with Gasteiger partial charge in [-0.25, -0.2) is 0 Å². The Morgan fingerprint density at radius 1 is 1.19 bits per heavy atom. The van der Waals surface area contributed by atoms with Crippen molar-refractivity contribution in [2.24, 2.45) is 11.8 Å². The Kier molecular flexibility index (Phi) is 11.3. The van der Waals surface area contributed by atoms with Crippen LogP contribution in [0, 0.1) is 11.8 Å². The van der Waals surface area contributed by atoms with Crippen molar-refractivity contribution in [3.05, 3.63) is 48.6 Å². The highest BCUT2D eigenvalue weighted by molar-refractivity contribution is 5.86. The third-order valence-electron chi connectivity index (χ3n) is 4.60. The van der Waals surface area contributed by atoms with Crippen LogP contribution in [0.3, 0.4) is 0 Å². The zero-order valence-corrected chi connectivity index (χ0v) is 16.0. The van der Waals surface area contributed by atoms with Crippen molar-refractivity contribution in [3.8, 4) is 0 Å². The van der Waals surface area contributed by atoms with E-state index in [0.717, 1.165) is 6.42 Å². The molecule has 0 bridgehead atoms. The predicted octanol–water partition coefficient (Wildman–Crippen LogP) is 3.58. The SMILES string of the molecule is CC/C=C\C[C@H]1[C@H](/C=C/[C@H](O)C/C=C\C/C=C\CCC(=O)O)C(=O)C[C@@H]1O. The van der Waals surface area contributed by atoms with Gasteiger partial charge in [0.15, 0.2) is 0 Å². The second-order valence-corrected chi connectivity index (χ2v) is 6.84. The first-order chi connectivity index (χ1) is 13.0. The van der Waals surface area contributed by atoms with Gasteiger partial charge in [-0.1, -0.05) is 55.5 Å². The summed E-state index contributed by atoms with van der Waals surface area (Å²) in [7, 11) is 0. The summed E-state index contributed by atoms with van der Waals surface area (Å²) in [4.78, 5) is 22.5. The van der Waals surface area contributed by atoms with E-state index in [1.807, 2.05) is 43.4 Å². The quantitative estimate of drug-likeness (QED) is 0.453. The van der Waals surface area contributed by atoms with E-state index in [1.165, 1.54) is 0 Å². The molecule has 150 valence electrons. The molecule has 0 saturated heterocycles. The first-order valence-corrected chi connectivity index (χ1v) is 9.69. The van der Waals surface area contributed by atoms with Crippen molar-refractivity contribution in [1.82, 2.24) is 0 Å². The molecule has 1 aliphatic rings. The van der Waals surface area contributed by atoms with E-state index in [0.29, 0.717) is 25.7 Å². The maximum Gasteiger partial charge on any atom is 0.303 e. The van der Waals surface area contributed by atoms with Crippen LogP contribution in [0.5, 0.6) is 0 Å². The van der Waals surface area contributed by atoms with Crippen LogP contribution in [0.15, 0.2) is 48.6 Å². The number of hydrogen-bond acceptors (Lipinski definition) is 4. The molecule has 5 heteroatoms. The van der Waals surface area contributed by atoms with Crippen molar-refractivity contribution in [2.45, 2.75) is 64.1 Å². The first-order valence-electron chi connectivity index (χ1n) is 9.69. The highest BCUT2D eigenvalue weighted by Crippen LogP contribution is 2.33. The highest BCUT2D eigenvalue weighted by atomic mass is 16.4. The molecule has 5 nitrogen and oxygen atoms in total. The number of hydrogen-bond donors (Lipinski definition) is 3. The smallest absolute Gasteiger partial charge is 0.303 e. The van der Waals surface area contributed by atoms with Gasteiger partial charge in [0.05, 0.1) is 12.2 Å². The zero-order chi connectivity index (χ0) is 20.1. The predicted molar refractivity (Wildman–Crippen MR) is 106 cm³/mol. The molecule has 0 heterocycles. The fraction of sp³-hybridized carbons (Fsp3) is 0.545. The number of carbonyl (C=O) groups is 2. The minimum atomic E-state index is -0.804. The summed E-state index contributed by atoms with van der Waals surface area (Å²) in [6.45, 7) is 2.04. The van der Waals surface area contributed by atoms with E-state index in [2.05, 4.69) is 0 Å². The molecule has 0 spiro atoms. The van der Waals surface area contributed by atoms with Gasteiger partial charge in [-0.3, -0.25) is 9.59 Å². The van der Waals surface area contributed by atoms with Crippen molar-refractivity contribution in [3.63, 3.8) is 0 Å². The number of carboxylic acids is 1. The second-order valence-electron chi connectivity index (χ2n) is 6.84. The molecule has 4 atom stereocenters. The maximum atomic E-state index is 12.1. The van der Waals surface area contributed by atoms with Crippen LogP contribution in [-0.4, -0.2) is 39.3 Å². The lowest BCUT2D eigenvalue weighted by atomic mass is 9.90. The Morgan fingerprint density at radius 3 is 2.63 bits per heavy atom. The van der Waals surface area contributed by atoms with Crippen LogP contribution in [0.4, 0.5) is 0 Å². The average Bonchev–Trinajstić information content (AvgIpc) is 2.88. The van der Waals surface area contributed by atoms with Crippen LogP contribution in [0.1, 0.15) is 51.9 Å². The molecule has 0 aromatic heterocycles. The van der Waals surface area contributed by atoms with Gasteiger partial charge < -0.3 is 15.3 Å². The molecule has 1 saturated carbocycles. The van der Waals surface area contributed by atoms with Crippen LogP contribution in [0.25, 0.3) is 0 Å². The summed E-state index contributed by atoms with van der Waals surface area (Å²) in [6, 6.07) is 0. The molecular formula is C22H32O5. The summed E-state index contributed by atoms with van der Waals surface area (Å²) in [5, 5.41) is 28.7. The average molecular weight is 376 g/mol. The Bertz CT molecular complexity index is 573. The van der Waals surface area contributed by atoms with Gasteiger partial charge in [-0.05, 0) is 32.1 Å². The largest absolute Gasteiger partial charge is 0.481 e. The number of Topliss-reactive ketones (excluding diaryl/α,β-unsaturated/α-hetero) is 1. The normalized spacial score (nSPS) is 24.9. The molecule has 0 amide bonds. The lowest BCUT2D eigenvalue weighted by molar-refractivity contribution is -0.136. The molecule has 1 aliphatic carbocycles. The van der Waals surface area contributed by atoms with Gasteiger partial charge in [0, 0.05) is 24.7 Å². The van der Waals surface area contributed by atoms with Crippen molar-refractivity contribution >= 4 is 11.8 Å². The Hall–Kier alpha value is -1.98. The summed E-state index contributed by atoms with van der Waals surface area (Å²) < 4.78 is 0. The number of ketones is 1. The van der Waals surface area contributed by atoms with Gasteiger partial charge in [0.25, 0.3) is 0 Å².